The Labute approximate surface area is 219 Å². The second-order valence-corrected chi connectivity index (χ2v) is 11.9. The number of halogens is 1. The highest BCUT2D eigenvalue weighted by Gasteiger charge is 2.29. The molecule has 1 aliphatic carbocycles. The zero-order valence-electron chi connectivity index (χ0n) is 21.2. The zero-order chi connectivity index (χ0) is 26.3. The first-order valence-corrected chi connectivity index (χ1v) is 14.7. The first-order valence-electron chi connectivity index (χ1n) is 12.4. The van der Waals surface area contributed by atoms with E-state index in [1.807, 2.05) is 37.3 Å². The summed E-state index contributed by atoms with van der Waals surface area (Å²) in [6, 6.07) is 14.2. The Morgan fingerprint density at radius 3 is 2.42 bits per heavy atom. The number of nitrogens with one attached hydrogen (secondary N) is 1. The van der Waals surface area contributed by atoms with E-state index in [1.165, 1.54) is 4.31 Å². The molecule has 196 valence electrons. The molecule has 1 saturated carbocycles. The fourth-order valence-corrected chi connectivity index (χ4v) is 5.77. The van der Waals surface area contributed by atoms with Crippen LogP contribution in [0.2, 0.25) is 5.02 Å². The Bertz CT molecular complexity index is 1150. The van der Waals surface area contributed by atoms with Crippen molar-refractivity contribution in [1.29, 1.82) is 0 Å². The van der Waals surface area contributed by atoms with Crippen molar-refractivity contribution in [1.82, 2.24) is 10.2 Å². The van der Waals surface area contributed by atoms with Gasteiger partial charge in [-0.3, -0.25) is 13.9 Å². The van der Waals surface area contributed by atoms with Crippen LogP contribution in [0.5, 0.6) is 0 Å². The number of amides is 2. The fourth-order valence-electron chi connectivity index (χ4n) is 4.59. The van der Waals surface area contributed by atoms with Crippen molar-refractivity contribution in [3.63, 3.8) is 0 Å². The highest BCUT2D eigenvalue weighted by molar-refractivity contribution is 7.92. The van der Waals surface area contributed by atoms with Gasteiger partial charge in [0, 0.05) is 30.6 Å². The summed E-state index contributed by atoms with van der Waals surface area (Å²) in [6.45, 7) is 4.01. The molecule has 0 saturated heterocycles. The number of carbonyl (C=O) groups is 2. The maximum atomic E-state index is 13.4. The number of carbonyl (C=O) groups excluding carboxylic acids is 2. The van der Waals surface area contributed by atoms with Gasteiger partial charge in [-0.15, -0.1) is 0 Å². The molecule has 0 aliphatic heterocycles. The van der Waals surface area contributed by atoms with Crippen molar-refractivity contribution in [2.75, 3.05) is 17.1 Å². The summed E-state index contributed by atoms with van der Waals surface area (Å²) >= 11 is 6.12. The molecule has 0 aromatic heterocycles. The van der Waals surface area contributed by atoms with Crippen molar-refractivity contribution >= 4 is 39.1 Å². The summed E-state index contributed by atoms with van der Waals surface area (Å²) in [7, 11) is -3.58. The smallest absolute Gasteiger partial charge is 0.242 e. The topological polar surface area (TPSA) is 86.8 Å². The van der Waals surface area contributed by atoms with Gasteiger partial charge in [0.05, 0.1) is 11.9 Å². The third-order valence-electron chi connectivity index (χ3n) is 6.66. The Kier molecular flexibility index (Phi) is 9.79. The van der Waals surface area contributed by atoms with E-state index < -0.39 is 16.1 Å². The molecule has 1 fully saturated rings. The van der Waals surface area contributed by atoms with Gasteiger partial charge in [0.1, 0.15) is 6.04 Å². The molecule has 1 N–H and O–H groups in total. The molecule has 1 aliphatic rings. The number of anilines is 1. The minimum absolute atomic E-state index is 0.111. The van der Waals surface area contributed by atoms with E-state index in [2.05, 4.69) is 5.32 Å². The molecule has 3 rings (SSSR count). The molecule has 0 bridgehead atoms. The van der Waals surface area contributed by atoms with Crippen LogP contribution >= 0.6 is 11.6 Å². The van der Waals surface area contributed by atoms with Gasteiger partial charge >= 0.3 is 0 Å². The fraction of sp³-hybridized carbons (Fsp3) is 0.481. The molecule has 0 radical (unpaired) electrons. The van der Waals surface area contributed by atoms with Crippen LogP contribution in [0.25, 0.3) is 0 Å². The standard InChI is InChI=1S/C27H36ClN3O4S/c1-20-15-16-23(28)18-25(20)31(36(3,34)35)17-9-14-26(32)30(19-22-10-5-4-6-11-22)21(2)27(33)29-24-12-7-8-13-24/h4-6,10-11,15-16,18,21,24H,7-9,12-14,17,19H2,1-3H3,(H,29,33)/t21-/m0/s1. The van der Waals surface area contributed by atoms with E-state index in [4.69, 9.17) is 11.6 Å². The predicted molar refractivity (Wildman–Crippen MR) is 144 cm³/mol. The molecule has 7 nitrogen and oxygen atoms in total. The quantitative estimate of drug-likeness (QED) is 0.454. The Balaban J connectivity index is 1.72. The van der Waals surface area contributed by atoms with Crippen LogP contribution in [0, 0.1) is 6.92 Å². The van der Waals surface area contributed by atoms with Crippen LogP contribution in [-0.2, 0) is 26.2 Å². The molecule has 1 atom stereocenters. The van der Waals surface area contributed by atoms with Crippen LogP contribution < -0.4 is 9.62 Å². The number of hydrogen-bond donors (Lipinski definition) is 1. The number of aryl methyl sites for hydroxylation is 1. The van der Waals surface area contributed by atoms with Crippen molar-refractivity contribution in [2.45, 2.75) is 71.0 Å². The van der Waals surface area contributed by atoms with Gasteiger partial charge in [0.25, 0.3) is 0 Å². The molecule has 2 aromatic carbocycles. The first kappa shape index (κ1) is 28.0. The highest BCUT2D eigenvalue weighted by atomic mass is 35.5. The Morgan fingerprint density at radius 1 is 1.11 bits per heavy atom. The van der Waals surface area contributed by atoms with E-state index in [0.717, 1.165) is 43.1 Å². The van der Waals surface area contributed by atoms with Gasteiger partial charge in [-0.25, -0.2) is 8.42 Å². The number of hydrogen-bond acceptors (Lipinski definition) is 4. The minimum Gasteiger partial charge on any atom is -0.352 e. The number of sulfonamides is 1. The van der Waals surface area contributed by atoms with Gasteiger partial charge in [0.15, 0.2) is 0 Å². The molecular formula is C27H36ClN3O4S. The number of benzene rings is 2. The predicted octanol–water partition coefficient (Wildman–Crippen LogP) is 4.67. The lowest BCUT2D eigenvalue weighted by Gasteiger charge is -2.30. The van der Waals surface area contributed by atoms with E-state index >= 15 is 0 Å². The maximum Gasteiger partial charge on any atom is 0.242 e. The van der Waals surface area contributed by atoms with Crippen molar-refractivity contribution in [3.8, 4) is 0 Å². The summed E-state index contributed by atoms with van der Waals surface area (Å²) in [5, 5.41) is 3.54. The van der Waals surface area contributed by atoms with E-state index in [1.54, 1.807) is 30.0 Å². The monoisotopic (exact) mass is 533 g/mol. The largest absolute Gasteiger partial charge is 0.352 e. The van der Waals surface area contributed by atoms with Crippen LogP contribution in [0.3, 0.4) is 0 Å². The normalized spacial score (nSPS) is 14.9. The molecule has 36 heavy (non-hydrogen) atoms. The minimum atomic E-state index is -3.58. The summed E-state index contributed by atoms with van der Waals surface area (Å²) in [4.78, 5) is 28.0. The Morgan fingerprint density at radius 2 is 1.78 bits per heavy atom. The van der Waals surface area contributed by atoms with E-state index in [-0.39, 0.29) is 30.8 Å². The third-order valence-corrected chi connectivity index (χ3v) is 8.07. The van der Waals surface area contributed by atoms with Gasteiger partial charge in [-0.2, -0.15) is 0 Å². The van der Waals surface area contributed by atoms with Gasteiger partial charge in [-0.1, -0.05) is 60.8 Å². The maximum absolute atomic E-state index is 13.4. The first-order chi connectivity index (χ1) is 17.1. The lowest BCUT2D eigenvalue weighted by molar-refractivity contribution is -0.141. The van der Waals surface area contributed by atoms with Crippen molar-refractivity contribution < 1.29 is 18.0 Å². The molecule has 0 heterocycles. The lowest BCUT2D eigenvalue weighted by atomic mass is 10.1. The number of nitrogens with zero attached hydrogens (tertiary/aromatic N) is 2. The molecule has 2 aromatic rings. The van der Waals surface area contributed by atoms with Gasteiger partial charge in [0.2, 0.25) is 21.8 Å². The van der Waals surface area contributed by atoms with Crippen LogP contribution in [-0.4, -0.2) is 50.0 Å². The van der Waals surface area contributed by atoms with Crippen molar-refractivity contribution in [3.05, 3.63) is 64.7 Å². The average Bonchev–Trinajstić information content (AvgIpc) is 3.34. The van der Waals surface area contributed by atoms with Crippen LogP contribution in [0.15, 0.2) is 48.5 Å². The third kappa shape index (κ3) is 7.71. The van der Waals surface area contributed by atoms with E-state index in [0.29, 0.717) is 23.7 Å². The van der Waals surface area contributed by atoms with E-state index in [9.17, 15) is 18.0 Å². The van der Waals surface area contributed by atoms with Gasteiger partial charge < -0.3 is 10.2 Å². The summed E-state index contributed by atoms with van der Waals surface area (Å²) in [5.41, 5.74) is 2.21. The highest BCUT2D eigenvalue weighted by Crippen LogP contribution is 2.27. The summed E-state index contributed by atoms with van der Waals surface area (Å²) in [6.07, 6.45) is 5.71. The summed E-state index contributed by atoms with van der Waals surface area (Å²) < 4.78 is 26.4. The summed E-state index contributed by atoms with van der Waals surface area (Å²) in [5.74, 6) is -0.345. The molecule has 0 unspecified atom stereocenters. The second kappa shape index (κ2) is 12.6. The average molecular weight is 534 g/mol. The molecule has 2 amide bonds. The van der Waals surface area contributed by atoms with Crippen molar-refractivity contribution in [2.24, 2.45) is 0 Å². The van der Waals surface area contributed by atoms with Crippen LogP contribution in [0.4, 0.5) is 5.69 Å². The molecular weight excluding hydrogens is 498 g/mol. The number of rotatable bonds is 11. The Hall–Kier alpha value is -2.58. The molecule has 9 heteroatoms. The lowest BCUT2D eigenvalue weighted by Crippen LogP contribution is -2.49. The SMILES string of the molecule is Cc1ccc(Cl)cc1N(CCCC(=O)N(Cc1ccccc1)[C@@H](C)C(=O)NC1CCCC1)S(C)(=O)=O. The van der Waals surface area contributed by atoms with Gasteiger partial charge in [-0.05, 0) is 56.4 Å². The second-order valence-electron chi connectivity index (χ2n) is 9.54. The zero-order valence-corrected chi connectivity index (χ0v) is 22.8. The molecule has 0 spiro atoms. The van der Waals surface area contributed by atoms with Crippen LogP contribution in [0.1, 0.15) is 56.6 Å².